The fourth-order valence-electron chi connectivity index (χ4n) is 3.27. The molecule has 2 amide bonds. The number of benzene rings is 1. The third-order valence-corrected chi connectivity index (χ3v) is 6.06. The number of nitrogens with one attached hydrogen (secondary N) is 1. The summed E-state index contributed by atoms with van der Waals surface area (Å²) in [5.74, 6) is -2.07. The smallest absolute Gasteiger partial charge is 0.365 e. The summed E-state index contributed by atoms with van der Waals surface area (Å²) in [5, 5.41) is 7.01. The lowest BCUT2D eigenvalue weighted by Crippen LogP contribution is -2.18. The molecule has 4 rings (SSSR count). The molecule has 176 valence electrons. The Balaban J connectivity index is 1.82. The number of aromatic nitrogens is 3. The Kier molecular flexibility index (Phi) is 6.28. The minimum Gasteiger partial charge on any atom is -0.365 e. The predicted octanol–water partition coefficient (Wildman–Crippen LogP) is 5.10. The lowest BCUT2D eigenvalue weighted by atomic mass is 10.0. The average molecular weight is 512 g/mol. The Hall–Kier alpha value is -3.51. The predicted molar refractivity (Wildman–Crippen MR) is 119 cm³/mol. The maximum absolute atomic E-state index is 13.5. The van der Waals surface area contributed by atoms with Gasteiger partial charge in [-0.3, -0.25) is 14.3 Å². The molecule has 0 bridgehead atoms. The molecule has 0 unspecified atom stereocenters. The molecule has 0 aliphatic heterocycles. The van der Waals surface area contributed by atoms with E-state index in [0.29, 0.717) is 16.4 Å². The van der Waals surface area contributed by atoms with Crippen molar-refractivity contribution in [3.05, 3.63) is 64.1 Å². The Labute approximate surface area is 198 Å². The van der Waals surface area contributed by atoms with Crippen LogP contribution in [0.3, 0.4) is 0 Å². The molecule has 0 radical (unpaired) electrons. The summed E-state index contributed by atoms with van der Waals surface area (Å²) in [6.07, 6.45) is -1.95. The second-order valence-electron chi connectivity index (χ2n) is 7.13. The summed E-state index contributed by atoms with van der Waals surface area (Å²) in [6.45, 7) is 0.161. The van der Waals surface area contributed by atoms with E-state index in [1.807, 2.05) is 0 Å². The van der Waals surface area contributed by atoms with Crippen molar-refractivity contribution in [2.45, 2.75) is 19.1 Å². The number of primary amides is 1. The number of pyridine rings is 1. The number of aryl methyl sites for hydroxylation is 1. The molecule has 3 aromatic heterocycles. The van der Waals surface area contributed by atoms with Gasteiger partial charge in [0.2, 0.25) is 5.91 Å². The highest BCUT2D eigenvalue weighted by Crippen LogP contribution is 2.43. The summed E-state index contributed by atoms with van der Waals surface area (Å²) in [5.41, 5.74) is 4.42. The van der Waals surface area contributed by atoms with Crippen LogP contribution in [0.4, 0.5) is 23.2 Å². The molecule has 4 aromatic rings. The summed E-state index contributed by atoms with van der Waals surface area (Å²) in [4.78, 5) is 28.1. The van der Waals surface area contributed by atoms with E-state index in [4.69, 9.17) is 17.3 Å². The summed E-state index contributed by atoms with van der Waals surface area (Å²) in [7, 11) is 0. The number of hydrogen-bond acceptors (Lipinski definition) is 5. The molecule has 13 heteroatoms. The molecule has 3 heterocycles. The maximum atomic E-state index is 13.5. The molecule has 7 nitrogen and oxygen atoms in total. The van der Waals surface area contributed by atoms with Crippen molar-refractivity contribution in [2.24, 2.45) is 5.73 Å². The second kappa shape index (κ2) is 9.03. The van der Waals surface area contributed by atoms with Crippen molar-refractivity contribution < 1.29 is 27.2 Å². The van der Waals surface area contributed by atoms with Crippen molar-refractivity contribution in [3.63, 3.8) is 0 Å². The van der Waals surface area contributed by atoms with Gasteiger partial charge in [-0.2, -0.15) is 18.3 Å². The van der Waals surface area contributed by atoms with Crippen molar-refractivity contribution in [1.29, 1.82) is 0 Å². The van der Waals surface area contributed by atoms with Crippen LogP contribution in [0.15, 0.2) is 42.7 Å². The summed E-state index contributed by atoms with van der Waals surface area (Å²) >= 11 is 6.42. The molecule has 0 saturated heterocycles. The van der Waals surface area contributed by atoms with Crippen molar-refractivity contribution >= 4 is 50.7 Å². The van der Waals surface area contributed by atoms with Crippen molar-refractivity contribution in [1.82, 2.24) is 14.8 Å². The maximum Gasteiger partial charge on any atom is 0.433 e. The minimum atomic E-state index is -4.78. The quantitative estimate of drug-likeness (QED) is 0.352. The number of nitrogens with two attached hydrogens (primary N) is 1. The lowest BCUT2D eigenvalue weighted by molar-refractivity contribution is -0.140. The van der Waals surface area contributed by atoms with Gasteiger partial charge in [-0.05, 0) is 29.3 Å². The van der Waals surface area contributed by atoms with Crippen LogP contribution in [0.2, 0.25) is 5.02 Å². The van der Waals surface area contributed by atoms with Gasteiger partial charge in [-0.1, -0.05) is 23.7 Å². The van der Waals surface area contributed by atoms with Crippen LogP contribution < -0.4 is 11.1 Å². The number of hydrogen-bond donors (Lipinski definition) is 2. The van der Waals surface area contributed by atoms with E-state index >= 15 is 0 Å². The average Bonchev–Trinajstić information content (AvgIpc) is 3.35. The number of carbonyl (C=O) groups is 2. The van der Waals surface area contributed by atoms with Crippen LogP contribution in [0.5, 0.6) is 0 Å². The van der Waals surface area contributed by atoms with E-state index in [2.05, 4.69) is 15.4 Å². The van der Waals surface area contributed by atoms with Crippen LogP contribution in [0.25, 0.3) is 21.3 Å². The monoisotopic (exact) mass is 511 g/mol. The van der Waals surface area contributed by atoms with E-state index in [0.717, 1.165) is 18.2 Å². The van der Waals surface area contributed by atoms with E-state index < -0.39 is 29.5 Å². The Morgan fingerprint density at radius 2 is 1.91 bits per heavy atom. The third kappa shape index (κ3) is 4.87. The normalized spacial score (nSPS) is 11.7. The largest absolute Gasteiger partial charge is 0.433 e. The first-order chi connectivity index (χ1) is 16.0. The van der Waals surface area contributed by atoms with Crippen LogP contribution in [0.1, 0.15) is 21.8 Å². The van der Waals surface area contributed by atoms with E-state index in [9.17, 15) is 27.2 Å². The molecule has 0 fully saturated rings. The molecule has 34 heavy (non-hydrogen) atoms. The number of fused-ring (bicyclic) bond motifs is 1. The first-order valence-corrected chi connectivity index (χ1v) is 10.8. The molecule has 1 aromatic carbocycles. The Bertz CT molecular complexity index is 1400. The minimum absolute atomic E-state index is 0.00948. The Morgan fingerprint density at radius 3 is 2.50 bits per heavy atom. The van der Waals surface area contributed by atoms with Gasteiger partial charge in [0, 0.05) is 24.5 Å². The van der Waals surface area contributed by atoms with Crippen LogP contribution in [0, 0.1) is 5.82 Å². The highest BCUT2D eigenvalue weighted by Gasteiger charge is 2.35. The highest BCUT2D eigenvalue weighted by atomic mass is 35.5. The van der Waals surface area contributed by atoms with Gasteiger partial charge in [0.1, 0.15) is 21.2 Å². The number of halogens is 5. The first kappa shape index (κ1) is 23.6. The fourth-order valence-corrected chi connectivity index (χ4v) is 4.44. The lowest BCUT2D eigenvalue weighted by Gasteiger charge is -2.12. The summed E-state index contributed by atoms with van der Waals surface area (Å²) < 4.78 is 55.4. The first-order valence-electron chi connectivity index (χ1n) is 9.61. The number of amides is 2. The zero-order valence-corrected chi connectivity index (χ0v) is 18.6. The van der Waals surface area contributed by atoms with Crippen molar-refractivity contribution in [3.8, 4) is 11.1 Å². The van der Waals surface area contributed by atoms with Gasteiger partial charge < -0.3 is 11.1 Å². The van der Waals surface area contributed by atoms with Gasteiger partial charge in [0.15, 0.2) is 0 Å². The van der Waals surface area contributed by atoms with E-state index in [-0.39, 0.29) is 44.9 Å². The zero-order chi connectivity index (χ0) is 24.6. The number of rotatable bonds is 6. The van der Waals surface area contributed by atoms with Crippen LogP contribution in [-0.2, 0) is 17.5 Å². The van der Waals surface area contributed by atoms with Gasteiger partial charge in [-0.15, -0.1) is 11.3 Å². The third-order valence-electron chi connectivity index (χ3n) is 4.77. The Morgan fingerprint density at radius 1 is 1.21 bits per heavy atom. The molecule has 0 aliphatic rings. The number of alkyl halides is 3. The topological polar surface area (TPSA) is 103 Å². The number of carbonyl (C=O) groups excluding carboxylic acids is 2. The number of thiophene rings is 1. The molecule has 3 N–H and O–H groups in total. The van der Waals surface area contributed by atoms with Crippen LogP contribution >= 0.6 is 22.9 Å². The van der Waals surface area contributed by atoms with Gasteiger partial charge in [-0.25, -0.2) is 9.37 Å². The summed E-state index contributed by atoms with van der Waals surface area (Å²) in [6, 6.07) is 5.54. The molecule has 0 saturated carbocycles. The highest BCUT2D eigenvalue weighted by molar-refractivity contribution is 7.21. The van der Waals surface area contributed by atoms with E-state index in [1.54, 1.807) is 0 Å². The number of anilines is 1. The molecule has 0 atom stereocenters. The fraction of sp³-hybridized carbons (Fsp3) is 0.143. The SMILES string of the molecule is NC(=O)c1sc2nc(C(F)(F)F)cc(-c3ccc(F)cc3)c2c1NC(=O)CCn1cc(Cl)cn1. The molecule has 0 aliphatic carbocycles. The second-order valence-corrected chi connectivity index (χ2v) is 8.57. The van der Waals surface area contributed by atoms with Gasteiger partial charge >= 0.3 is 6.18 Å². The molecule has 0 spiro atoms. The number of nitrogens with zero attached hydrogens (tertiary/aromatic N) is 3. The van der Waals surface area contributed by atoms with Crippen LogP contribution in [-0.4, -0.2) is 26.6 Å². The van der Waals surface area contributed by atoms with Gasteiger partial charge in [0.25, 0.3) is 5.91 Å². The van der Waals surface area contributed by atoms with Crippen molar-refractivity contribution in [2.75, 3.05) is 5.32 Å². The molecular weight excluding hydrogens is 498 g/mol. The molecular formula is C21H14ClF4N5O2S. The standard InChI is InChI=1S/C21H14ClF4N5O2S/c22-11-8-28-31(9-11)6-5-15(32)30-17-16-13(10-1-3-12(23)4-2-10)7-14(21(24,25)26)29-20(16)34-18(17)19(27)33/h1-4,7-9H,5-6H2,(H2,27,33)(H,30,32). The van der Waals surface area contributed by atoms with E-state index in [1.165, 1.54) is 29.2 Å². The zero-order valence-electron chi connectivity index (χ0n) is 17.0. The van der Waals surface area contributed by atoms with Gasteiger partial charge in [0.05, 0.1) is 16.9 Å².